The number of benzene rings is 1. The Morgan fingerprint density at radius 2 is 2.06 bits per heavy atom. The molecular weight excluding hydrogens is 392 g/mol. The summed E-state index contributed by atoms with van der Waals surface area (Å²) < 4.78 is 0. The van der Waals surface area contributed by atoms with Gasteiger partial charge in [-0.05, 0) is 80.3 Å². The molecule has 0 bridgehead atoms. The molecule has 4 nitrogen and oxygen atoms in total. The Bertz CT molecular complexity index is 995. The number of nitrogens with one attached hydrogen (secondary N) is 2. The van der Waals surface area contributed by atoms with Gasteiger partial charge in [0.1, 0.15) is 0 Å². The van der Waals surface area contributed by atoms with E-state index in [4.69, 9.17) is 0 Å². The second kappa shape index (κ2) is 7.23. The number of nitrogens with zero attached hydrogens (tertiary/aromatic N) is 2. The zero-order valence-electron chi connectivity index (χ0n) is 19.3. The van der Waals surface area contributed by atoms with E-state index in [-0.39, 0.29) is 0 Å². The predicted octanol–water partition coefficient (Wildman–Crippen LogP) is 4.81. The summed E-state index contributed by atoms with van der Waals surface area (Å²) in [5.41, 5.74) is 7.88. The van der Waals surface area contributed by atoms with E-state index in [0.717, 1.165) is 12.3 Å². The SMILES string of the molecule is CCCN1CC(Nc2ccc(C3C4=C(CCN3C35CCC3C5)C3CC=CC=C3N4)cc2)C1. The topological polar surface area (TPSA) is 30.5 Å². The predicted molar refractivity (Wildman–Crippen MR) is 130 cm³/mol. The fourth-order valence-corrected chi connectivity index (χ4v) is 7.32. The fourth-order valence-electron chi connectivity index (χ4n) is 7.32. The van der Waals surface area contributed by atoms with Crippen LogP contribution in [0.1, 0.15) is 57.1 Å². The number of likely N-dealkylation sites (tertiary alicyclic amines) is 1. The summed E-state index contributed by atoms with van der Waals surface area (Å²) in [5, 5.41) is 7.68. The van der Waals surface area contributed by atoms with E-state index in [1.165, 1.54) is 80.9 Å². The van der Waals surface area contributed by atoms with Crippen molar-refractivity contribution in [3.63, 3.8) is 0 Å². The lowest BCUT2D eigenvalue weighted by Crippen LogP contribution is -2.54. The van der Waals surface area contributed by atoms with Gasteiger partial charge in [-0.1, -0.05) is 31.2 Å². The Labute approximate surface area is 192 Å². The summed E-state index contributed by atoms with van der Waals surface area (Å²) in [4.78, 5) is 5.44. The molecule has 0 aromatic heterocycles. The highest BCUT2D eigenvalue weighted by Gasteiger charge is 2.66. The molecule has 3 heterocycles. The summed E-state index contributed by atoms with van der Waals surface area (Å²) in [6.07, 6.45) is 14.8. The highest BCUT2D eigenvalue weighted by molar-refractivity contribution is 5.51. The van der Waals surface area contributed by atoms with Crippen LogP contribution in [0.5, 0.6) is 0 Å². The third-order valence-electron chi connectivity index (χ3n) is 9.20. The maximum atomic E-state index is 3.92. The zero-order valence-corrected chi connectivity index (χ0v) is 19.3. The molecule has 2 N–H and O–H groups in total. The Morgan fingerprint density at radius 3 is 2.78 bits per heavy atom. The van der Waals surface area contributed by atoms with Crippen molar-refractivity contribution in [1.82, 2.24) is 15.1 Å². The van der Waals surface area contributed by atoms with Crippen LogP contribution in [0.3, 0.4) is 0 Å². The Kier molecular flexibility index (Phi) is 4.39. The van der Waals surface area contributed by atoms with Gasteiger partial charge in [0.15, 0.2) is 0 Å². The van der Waals surface area contributed by atoms with Gasteiger partial charge in [0, 0.05) is 48.2 Å². The van der Waals surface area contributed by atoms with Gasteiger partial charge in [0.05, 0.1) is 12.1 Å². The monoisotopic (exact) mass is 428 g/mol. The standard InChI is InChI=1S/C28H36N4/c1-2-14-31-17-22(18-31)29-21-9-7-19(8-10-21)27-26-24(23-5-3-4-6-25(23)30-26)12-15-32(27)28-13-11-20(28)16-28/h3-4,6-10,20,22-23,27,29-30H,2,5,11-18H2,1H3. The molecule has 6 aliphatic rings. The van der Waals surface area contributed by atoms with Crippen molar-refractivity contribution < 1.29 is 0 Å². The van der Waals surface area contributed by atoms with Gasteiger partial charge >= 0.3 is 0 Å². The minimum Gasteiger partial charge on any atom is -0.380 e. The van der Waals surface area contributed by atoms with Crippen molar-refractivity contribution in [2.24, 2.45) is 11.8 Å². The third kappa shape index (κ3) is 2.88. The third-order valence-corrected chi connectivity index (χ3v) is 9.20. The lowest BCUT2D eigenvalue weighted by atomic mass is 9.81. The van der Waals surface area contributed by atoms with Crippen LogP contribution in [0.25, 0.3) is 0 Å². The van der Waals surface area contributed by atoms with Crippen LogP contribution in [0.4, 0.5) is 5.69 Å². The molecule has 3 aliphatic heterocycles. The fraction of sp³-hybridized carbons (Fsp3) is 0.571. The molecule has 0 radical (unpaired) electrons. The summed E-state index contributed by atoms with van der Waals surface area (Å²) in [6.45, 7) is 7.09. The minimum absolute atomic E-state index is 0.397. The summed E-state index contributed by atoms with van der Waals surface area (Å²) in [6, 6.07) is 10.5. The van der Waals surface area contributed by atoms with E-state index < -0.39 is 0 Å². The maximum Gasteiger partial charge on any atom is 0.0758 e. The number of hydrogen-bond donors (Lipinski definition) is 2. The van der Waals surface area contributed by atoms with Gasteiger partial charge in [-0.3, -0.25) is 9.80 Å². The van der Waals surface area contributed by atoms with Crippen LogP contribution in [-0.2, 0) is 0 Å². The maximum absolute atomic E-state index is 3.92. The first-order chi connectivity index (χ1) is 15.7. The van der Waals surface area contributed by atoms with Gasteiger partial charge in [-0.25, -0.2) is 0 Å². The quantitative estimate of drug-likeness (QED) is 0.681. The molecule has 4 unspecified atom stereocenters. The van der Waals surface area contributed by atoms with E-state index in [1.807, 2.05) is 0 Å². The Hall–Kier alpha value is -2.04. The van der Waals surface area contributed by atoms with E-state index in [0.29, 0.717) is 23.5 Å². The van der Waals surface area contributed by atoms with Gasteiger partial charge in [0.25, 0.3) is 0 Å². The van der Waals surface area contributed by atoms with Gasteiger partial charge in [0.2, 0.25) is 0 Å². The molecular formula is C28H36N4. The van der Waals surface area contributed by atoms with Crippen molar-refractivity contribution in [3.8, 4) is 0 Å². The molecule has 4 atom stereocenters. The van der Waals surface area contributed by atoms with E-state index in [2.05, 4.69) is 69.9 Å². The molecule has 0 spiro atoms. The summed E-state index contributed by atoms with van der Waals surface area (Å²) >= 11 is 0. The molecule has 0 amide bonds. The number of rotatable bonds is 6. The molecule has 168 valence electrons. The molecule has 4 heteroatoms. The lowest BCUT2D eigenvalue weighted by Gasteiger charge is -2.46. The molecule has 3 aliphatic carbocycles. The first-order valence-electron chi connectivity index (χ1n) is 13.0. The van der Waals surface area contributed by atoms with Gasteiger partial charge < -0.3 is 10.6 Å². The molecule has 1 aromatic carbocycles. The average molecular weight is 429 g/mol. The van der Waals surface area contributed by atoms with E-state index in [1.54, 1.807) is 5.57 Å². The van der Waals surface area contributed by atoms with Crippen LogP contribution in [0, 0.1) is 11.8 Å². The minimum atomic E-state index is 0.397. The number of fused-ring (bicyclic) bond motifs is 3. The Balaban J connectivity index is 1.15. The van der Waals surface area contributed by atoms with Crippen molar-refractivity contribution >= 4 is 5.69 Å². The highest BCUT2D eigenvalue weighted by atomic mass is 15.3. The first-order valence-corrected chi connectivity index (χ1v) is 13.0. The van der Waals surface area contributed by atoms with Crippen LogP contribution in [0.2, 0.25) is 0 Å². The Morgan fingerprint density at radius 1 is 1.19 bits per heavy atom. The number of hydrogen-bond acceptors (Lipinski definition) is 4. The van der Waals surface area contributed by atoms with Crippen molar-refractivity contribution in [2.45, 2.75) is 63.1 Å². The van der Waals surface area contributed by atoms with Gasteiger partial charge in [-0.2, -0.15) is 0 Å². The molecule has 1 saturated heterocycles. The van der Waals surface area contributed by atoms with E-state index >= 15 is 0 Å². The van der Waals surface area contributed by atoms with Crippen LogP contribution in [0.15, 0.2) is 59.5 Å². The van der Waals surface area contributed by atoms with Crippen LogP contribution in [-0.4, -0.2) is 47.6 Å². The molecule has 2 saturated carbocycles. The molecule has 3 fully saturated rings. The second-order valence-corrected chi connectivity index (χ2v) is 11.0. The second-order valence-electron chi connectivity index (χ2n) is 11.0. The van der Waals surface area contributed by atoms with Crippen molar-refractivity contribution in [3.05, 3.63) is 65.0 Å². The zero-order chi connectivity index (χ0) is 21.3. The number of allylic oxidation sites excluding steroid dienone is 4. The molecule has 32 heavy (non-hydrogen) atoms. The first kappa shape index (κ1) is 19.4. The van der Waals surface area contributed by atoms with Crippen molar-refractivity contribution in [1.29, 1.82) is 0 Å². The molecule has 1 aromatic rings. The van der Waals surface area contributed by atoms with Gasteiger partial charge in [-0.15, -0.1) is 0 Å². The van der Waals surface area contributed by atoms with Crippen LogP contribution >= 0.6 is 0 Å². The smallest absolute Gasteiger partial charge is 0.0758 e. The van der Waals surface area contributed by atoms with Crippen LogP contribution < -0.4 is 10.6 Å². The summed E-state index contributed by atoms with van der Waals surface area (Å²) in [7, 11) is 0. The largest absolute Gasteiger partial charge is 0.380 e. The normalized spacial score (nSPS) is 35.8. The van der Waals surface area contributed by atoms with Crippen molar-refractivity contribution in [2.75, 3.05) is 31.5 Å². The number of anilines is 1. The summed E-state index contributed by atoms with van der Waals surface area (Å²) in [5.74, 6) is 1.56. The molecule has 7 rings (SSSR count). The lowest BCUT2D eigenvalue weighted by molar-refractivity contribution is 0.0669. The average Bonchev–Trinajstić information content (AvgIpc) is 3.14. The van der Waals surface area contributed by atoms with E-state index in [9.17, 15) is 0 Å². The highest BCUT2D eigenvalue weighted by Crippen LogP contribution is 2.66.